The highest BCUT2D eigenvalue weighted by atomic mass is 32.1. The van der Waals surface area contributed by atoms with Gasteiger partial charge in [-0.25, -0.2) is 0 Å². The molecule has 2 atom stereocenters. The van der Waals surface area contributed by atoms with Gasteiger partial charge in [-0.1, -0.05) is 44.9 Å². The molecule has 2 rings (SSSR count). The first-order valence-electron chi connectivity index (χ1n) is 6.44. The zero-order chi connectivity index (χ0) is 12.3. The molecule has 2 heteroatoms. The van der Waals surface area contributed by atoms with Crippen LogP contribution in [-0.4, -0.2) is 0 Å². The Labute approximate surface area is 108 Å². The zero-order valence-corrected chi connectivity index (χ0v) is 11.5. The fourth-order valence-electron chi connectivity index (χ4n) is 2.35. The quantitative estimate of drug-likeness (QED) is 0.812. The van der Waals surface area contributed by atoms with E-state index in [1.165, 1.54) is 27.8 Å². The van der Waals surface area contributed by atoms with E-state index in [1.807, 2.05) is 11.3 Å². The highest BCUT2D eigenvalue weighted by Gasteiger charge is 2.13. The molecule has 1 aromatic carbocycles. The summed E-state index contributed by atoms with van der Waals surface area (Å²) < 4.78 is 1.35. The van der Waals surface area contributed by atoms with Crippen LogP contribution < -0.4 is 5.73 Å². The highest BCUT2D eigenvalue weighted by Crippen LogP contribution is 2.31. The summed E-state index contributed by atoms with van der Waals surface area (Å²) in [7, 11) is 0. The molecule has 2 N–H and O–H groups in total. The van der Waals surface area contributed by atoms with Gasteiger partial charge in [0.15, 0.2) is 0 Å². The van der Waals surface area contributed by atoms with E-state index in [9.17, 15) is 0 Å². The number of hydrogen-bond donors (Lipinski definition) is 1. The Kier molecular flexibility index (Phi) is 4.19. The number of rotatable bonds is 5. The molecule has 0 fully saturated rings. The van der Waals surface area contributed by atoms with E-state index >= 15 is 0 Å². The first kappa shape index (κ1) is 12.6. The molecule has 2 unspecified atom stereocenters. The molecule has 0 aliphatic heterocycles. The third-order valence-corrected chi connectivity index (χ3v) is 4.50. The Balaban J connectivity index is 2.10. The van der Waals surface area contributed by atoms with Gasteiger partial charge in [-0.15, -0.1) is 11.3 Å². The van der Waals surface area contributed by atoms with E-state index in [2.05, 4.69) is 44.2 Å². The molecule has 0 radical (unpaired) electrons. The van der Waals surface area contributed by atoms with Crippen LogP contribution in [0.15, 0.2) is 30.3 Å². The van der Waals surface area contributed by atoms with Gasteiger partial charge in [0.05, 0.1) is 0 Å². The summed E-state index contributed by atoms with van der Waals surface area (Å²) in [6.45, 7) is 4.54. The van der Waals surface area contributed by atoms with E-state index < -0.39 is 0 Å². The third-order valence-electron chi connectivity index (χ3n) is 3.25. The smallest absolute Gasteiger partial charge is 0.0392 e. The van der Waals surface area contributed by atoms with Gasteiger partial charge in [-0.2, -0.15) is 0 Å². The van der Waals surface area contributed by atoms with Gasteiger partial charge in [0.2, 0.25) is 0 Å². The number of hydrogen-bond acceptors (Lipinski definition) is 2. The highest BCUT2D eigenvalue weighted by molar-refractivity contribution is 7.19. The molecule has 0 saturated carbocycles. The Morgan fingerprint density at radius 1 is 1.29 bits per heavy atom. The maximum absolute atomic E-state index is 6.30. The van der Waals surface area contributed by atoms with Crippen molar-refractivity contribution >= 4 is 21.4 Å². The summed E-state index contributed by atoms with van der Waals surface area (Å²) in [5, 5.41) is 1.33. The van der Waals surface area contributed by atoms with Crippen molar-refractivity contribution in [1.29, 1.82) is 0 Å². The van der Waals surface area contributed by atoms with Gasteiger partial charge >= 0.3 is 0 Å². The molecule has 17 heavy (non-hydrogen) atoms. The number of thiophene rings is 1. The van der Waals surface area contributed by atoms with Crippen molar-refractivity contribution in [1.82, 2.24) is 0 Å². The van der Waals surface area contributed by atoms with Gasteiger partial charge in [0.1, 0.15) is 0 Å². The van der Waals surface area contributed by atoms with E-state index in [4.69, 9.17) is 5.73 Å². The monoisotopic (exact) mass is 247 g/mol. The number of fused-ring (bicyclic) bond motifs is 1. The fraction of sp³-hybridized carbons (Fsp3) is 0.467. The second-order valence-corrected chi connectivity index (χ2v) is 6.04. The summed E-state index contributed by atoms with van der Waals surface area (Å²) >= 11 is 1.84. The molecule has 0 saturated heterocycles. The fourth-order valence-corrected chi connectivity index (χ4v) is 3.42. The average Bonchev–Trinajstić information content (AvgIpc) is 2.72. The van der Waals surface area contributed by atoms with Crippen LogP contribution in [0.25, 0.3) is 10.1 Å². The first-order chi connectivity index (χ1) is 8.20. The normalized spacial score (nSPS) is 15.0. The maximum Gasteiger partial charge on any atom is 0.0392 e. The molecule has 0 aliphatic rings. The van der Waals surface area contributed by atoms with Crippen LogP contribution >= 0.6 is 11.3 Å². The largest absolute Gasteiger partial charge is 0.323 e. The number of benzene rings is 1. The Morgan fingerprint density at radius 3 is 2.76 bits per heavy atom. The summed E-state index contributed by atoms with van der Waals surface area (Å²) in [6, 6.07) is 11.0. The van der Waals surface area contributed by atoms with E-state index in [-0.39, 0.29) is 6.04 Å². The molecule has 0 aliphatic carbocycles. The van der Waals surface area contributed by atoms with Gasteiger partial charge in [-0.05, 0) is 29.9 Å². The second-order valence-electron chi connectivity index (χ2n) is 4.92. The molecule has 92 valence electrons. The van der Waals surface area contributed by atoms with Crippen molar-refractivity contribution in [2.45, 2.75) is 39.2 Å². The van der Waals surface area contributed by atoms with Gasteiger partial charge < -0.3 is 5.73 Å². The lowest BCUT2D eigenvalue weighted by Gasteiger charge is -2.15. The van der Waals surface area contributed by atoms with Crippen LogP contribution in [0, 0.1) is 5.92 Å². The van der Waals surface area contributed by atoms with Crippen LogP contribution in [0.1, 0.15) is 44.0 Å². The summed E-state index contributed by atoms with van der Waals surface area (Å²) in [6.07, 6.45) is 3.62. The Hall–Kier alpha value is -0.860. The SMILES string of the molecule is CCCC(C)CC(N)c1cc2ccccc2s1. The molecular weight excluding hydrogens is 226 g/mol. The number of nitrogens with two attached hydrogens (primary N) is 1. The average molecular weight is 247 g/mol. The minimum Gasteiger partial charge on any atom is -0.323 e. The summed E-state index contributed by atoms with van der Waals surface area (Å²) in [5.41, 5.74) is 6.30. The predicted molar refractivity (Wildman–Crippen MR) is 77.4 cm³/mol. The molecule has 0 spiro atoms. The Bertz CT molecular complexity index is 441. The molecule has 1 nitrogen and oxygen atoms in total. The summed E-state index contributed by atoms with van der Waals surface area (Å²) in [4.78, 5) is 1.33. The van der Waals surface area contributed by atoms with Crippen molar-refractivity contribution in [3.05, 3.63) is 35.2 Å². The summed E-state index contributed by atoms with van der Waals surface area (Å²) in [5.74, 6) is 0.722. The van der Waals surface area contributed by atoms with Crippen LogP contribution in [0.4, 0.5) is 0 Å². The van der Waals surface area contributed by atoms with Crippen LogP contribution in [-0.2, 0) is 0 Å². The van der Waals surface area contributed by atoms with Crippen LogP contribution in [0.2, 0.25) is 0 Å². The van der Waals surface area contributed by atoms with Gasteiger partial charge in [0, 0.05) is 15.6 Å². The molecule has 1 aromatic heterocycles. The third kappa shape index (κ3) is 3.08. The molecule has 0 amide bonds. The molecule has 1 heterocycles. The maximum atomic E-state index is 6.30. The lowest BCUT2D eigenvalue weighted by molar-refractivity contribution is 0.443. The standard InChI is InChI=1S/C15H21NS/c1-3-6-11(2)9-13(16)15-10-12-7-4-5-8-14(12)17-15/h4-5,7-8,10-11,13H,3,6,9,16H2,1-2H3. The van der Waals surface area contributed by atoms with Crippen molar-refractivity contribution in [3.8, 4) is 0 Å². The molecule has 0 bridgehead atoms. The lowest BCUT2D eigenvalue weighted by Crippen LogP contribution is -2.12. The Morgan fingerprint density at radius 2 is 2.06 bits per heavy atom. The van der Waals surface area contributed by atoms with E-state index in [1.54, 1.807) is 0 Å². The van der Waals surface area contributed by atoms with Gasteiger partial charge in [-0.3, -0.25) is 0 Å². The van der Waals surface area contributed by atoms with E-state index in [0.29, 0.717) is 0 Å². The van der Waals surface area contributed by atoms with Crippen molar-refractivity contribution in [2.24, 2.45) is 11.7 Å². The van der Waals surface area contributed by atoms with Crippen molar-refractivity contribution in [2.75, 3.05) is 0 Å². The zero-order valence-electron chi connectivity index (χ0n) is 10.6. The van der Waals surface area contributed by atoms with Crippen LogP contribution in [0.5, 0.6) is 0 Å². The van der Waals surface area contributed by atoms with Crippen LogP contribution in [0.3, 0.4) is 0 Å². The lowest BCUT2D eigenvalue weighted by atomic mass is 9.97. The van der Waals surface area contributed by atoms with Gasteiger partial charge in [0.25, 0.3) is 0 Å². The topological polar surface area (TPSA) is 26.0 Å². The molecule has 2 aromatic rings. The predicted octanol–water partition coefficient (Wildman–Crippen LogP) is 4.73. The molecular formula is C15H21NS. The van der Waals surface area contributed by atoms with Crippen molar-refractivity contribution in [3.63, 3.8) is 0 Å². The second kappa shape index (κ2) is 5.65. The van der Waals surface area contributed by atoms with E-state index in [0.717, 1.165) is 12.3 Å². The van der Waals surface area contributed by atoms with Crippen molar-refractivity contribution < 1.29 is 0 Å². The minimum absolute atomic E-state index is 0.203. The minimum atomic E-state index is 0.203. The first-order valence-corrected chi connectivity index (χ1v) is 7.26.